The largest absolute Gasteiger partial charge is 0.0587 e. The highest BCUT2D eigenvalue weighted by Gasteiger charge is 2.21. The lowest BCUT2D eigenvalue weighted by Gasteiger charge is -2.07. The first kappa shape index (κ1) is 10.8. The summed E-state index contributed by atoms with van der Waals surface area (Å²) in [6.45, 7) is 6.56. The Kier molecular flexibility index (Phi) is 1.98. The first-order valence-electron chi connectivity index (χ1n) is 6.80. The van der Waals surface area contributed by atoms with Crippen molar-refractivity contribution in [3.05, 3.63) is 59.2 Å². The van der Waals surface area contributed by atoms with Crippen molar-refractivity contribution in [2.75, 3.05) is 0 Å². The van der Waals surface area contributed by atoms with Crippen LogP contribution < -0.4 is 0 Å². The van der Waals surface area contributed by atoms with Crippen molar-refractivity contribution in [1.29, 1.82) is 0 Å². The van der Waals surface area contributed by atoms with E-state index < -0.39 is 0 Å². The van der Waals surface area contributed by atoms with Gasteiger partial charge < -0.3 is 0 Å². The van der Waals surface area contributed by atoms with E-state index in [1.165, 1.54) is 49.7 Å². The van der Waals surface area contributed by atoms with Gasteiger partial charge in [-0.3, -0.25) is 0 Å². The molecule has 0 amide bonds. The summed E-state index contributed by atoms with van der Waals surface area (Å²) < 4.78 is 0. The SMILES string of the molecule is Cc1ccc2c(c1)-c1cc(C)cc3c(C)ccc-2c13. The van der Waals surface area contributed by atoms with Gasteiger partial charge in [0.25, 0.3) is 0 Å². The van der Waals surface area contributed by atoms with Crippen molar-refractivity contribution in [1.82, 2.24) is 0 Å². The summed E-state index contributed by atoms with van der Waals surface area (Å²) in [7, 11) is 0. The van der Waals surface area contributed by atoms with Gasteiger partial charge in [-0.1, -0.05) is 48.0 Å². The fraction of sp³-hybridized carbons (Fsp3) is 0.158. The predicted octanol–water partition coefficient (Wildman–Crippen LogP) is 5.41. The van der Waals surface area contributed by atoms with E-state index in [4.69, 9.17) is 0 Å². The van der Waals surface area contributed by atoms with Gasteiger partial charge >= 0.3 is 0 Å². The summed E-state index contributed by atoms with van der Waals surface area (Å²) in [4.78, 5) is 0. The van der Waals surface area contributed by atoms with Crippen molar-refractivity contribution < 1.29 is 0 Å². The van der Waals surface area contributed by atoms with Gasteiger partial charge in [-0.25, -0.2) is 0 Å². The van der Waals surface area contributed by atoms with Crippen molar-refractivity contribution in [3.63, 3.8) is 0 Å². The number of rotatable bonds is 0. The average molecular weight is 244 g/mol. The molecule has 19 heavy (non-hydrogen) atoms. The van der Waals surface area contributed by atoms with Gasteiger partial charge in [0.05, 0.1) is 0 Å². The van der Waals surface area contributed by atoms with Crippen LogP contribution >= 0.6 is 0 Å². The van der Waals surface area contributed by atoms with Crippen molar-refractivity contribution >= 4 is 10.8 Å². The van der Waals surface area contributed by atoms with Gasteiger partial charge in [0, 0.05) is 0 Å². The zero-order valence-corrected chi connectivity index (χ0v) is 11.5. The summed E-state index contributed by atoms with van der Waals surface area (Å²) in [5.41, 5.74) is 9.63. The molecule has 0 bridgehead atoms. The van der Waals surface area contributed by atoms with E-state index in [1.54, 1.807) is 0 Å². The van der Waals surface area contributed by atoms with Crippen LogP contribution in [0.4, 0.5) is 0 Å². The molecule has 0 aliphatic heterocycles. The van der Waals surface area contributed by atoms with Crippen LogP contribution in [0, 0.1) is 20.8 Å². The van der Waals surface area contributed by atoms with Crippen LogP contribution in [0.15, 0.2) is 42.5 Å². The standard InChI is InChI=1S/C19H16/c1-11-4-6-14-15-7-5-13(3)16-9-12(2)10-18(19(15)16)17(14)8-11/h4-10H,1-3H3. The molecule has 4 rings (SSSR count). The van der Waals surface area contributed by atoms with Crippen LogP contribution in [-0.4, -0.2) is 0 Å². The topological polar surface area (TPSA) is 0 Å². The van der Waals surface area contributed by atoms with Crippen molar-refractivity contribution in [3.8, 4) is 22.3 Å². The maximum absolute atomic E-state index is 2.33. The maximum atomic E-state index is 2.33. The smallest absolute Gasteiger partial charge is 0.00235 e. The van der Waals surface area contributed by atoms with E-state index in [1.807, 2.05) is 0 Å². The molecule has 3 aromatic rings. The molecule has 0 saturated carbocycles. The minimum absolute atomic E-state index is 1.33. The lowest BCUT2D eigenvalue weighted by Crippen LogP contribution is -1.82. The number of fused-ring (bicyclic) bond motifs is 3. The fourth-order valence-corrected chi connectivity index (χ4v) is 3.32. The molecular formula is C19H16. The van der Waals surface area contributed by atoms with Crippen LogP contribution in [0.1, 0.15) is 16.7 Å². The van der Waals surface area contributed by atoms with Gasteiger partial charge in [0.2, 0.25) is 0 Å². The van der Waals surface area contributed by atoms with Crippen LogP contribution in [0.5, 0.6) is 0 Å². The van der Waals surface area contributed by atoms with Crippen molar-refractivity contribution in [2.45, 2.75) is 20.8 Å². The van der Waals surface area contributed by atoms with Gasteiger partial charge in [-0.05, 0) is 64.9 Å². The second-order valence-corrected chi connectivity index (χ2v) is 5.71. The molecule has 0 spiro atoms. The Morgan fingerprint density at radius 1 is 0.579 bits per heavy atom. The molecule has 1 aliphatic rings. The summed E-state index contributed by atoms with van der Waals surface area (Å²) >= 11 is 0. The minimum Gasteiger partial charge on any atom is -0.0587 e. The monoisotopic (exact) mass is 244 g/mol. The van der Waals surface area contributed by atoms with E-state index >= 15 is 0 Å². The molecule has 0 N–H and O–H groups in total. The highest BCUT2D eigenvalue weighted by Crippen LogP contribution is 2.48. The fourth-order valence-electron chi connectivity index (χ4n) is 3.32. The van der Waals surface area contributed by atoms with Gasteiger partial charge in [0.1, 0.15) is 0 Å². The quantitative estimate of drug-likeness (QED) is 0.388. The van der Waals surface area contributed by atoms with E-state index in [2.05, 4.69) is 63.2 Å². The Bertz CT molecular complexity index is 838. The highest BCUT2D eigenvalue weighted by atomic mass is 14.2. The Morgan fingerprint density at radius 2 is 1.32 bits per heavy atom. The zero-order valence-electron chi connectivity index (χ0n) is 11.5. The van der Waals surface area contributed by atoms with E-state index in [9.17, 15) is 0 Å². The average Bonchev–Trinajstić information content (AvgIpc) is 2.68. The second kappa shape index (κ2) is 3.48. The van der Waals surface area contributed by atoms with E-state index in [0.29, 0.717) is 0 Å². The Morgan fingerprint density at radius 3 is 2.16 bits per heavy atom. The molecule has 0 unspecified atom stereocenters. The van der Waals surface area contributed by atoms with Gasteiger partial charge in [-0.15, -0.1) is 0 Å². The summed E-state index contributed by atoms with van der Waals surface area (Å²) in [6, 6.07) is 16.0. The molecule has 0 heterocycles. The molecule has 0 heteroatoms. The van der Waals surface area contributed by atoms with Crippen molar-refractivity contribution in [2.24, 2.45) is 0 Å². The maximum Gasteiger partial charge on any atom is -0.00235 e. The number of hydrogen-bond donors (Lipinski definition) is 0. The molecule has 0 nitrogen and oxygen atoms in total. The second-order valence-electron chi connectivity index (χ2n) is 5.71. The summed E-state index contributed by atoms with van der Waals surface area (Å²) in [5.74, 6) is 0. The third kappa shape index (κ3) is 1.34. The third-order valence-corrected chi connectivity index (χ3v) is 4.23. The molecule has 0 atom stereocenters. The van der Waals surface area contributed by atoms with Crippen LogP contribution in [0.3, 0.4) is 0 Å². The Labute approximate surface area is 113 Å². The predicted molar refractivity (Wildman–Crippen MR) is 82.6 cm³/mol. The normalized spacial score (nSPS) is 11.9. The third-order valence-electron chi connectivity index (χ3n) is 4.23. The van der Waals surface area contributed by atoms with Crippen LogP contribution in [0.25, 0.3) is 33.0 Å². The first-order valence-corrected chi connectivity index (χ1v) is 6.80. The molecule has 92 valence electrons. The number of aryl methyl sites for hydroxylation is 3. The number of benzene rings is 3. The molecule has 0 fully saturated rings. The molecule has 1 aliphatic carbocycles. The number of hydrogen-bond acceptors (Lipinski definition) is 0. The summed E-state index contributed by atoms with van der Waals surface area (Å²) in [5, 5.41) is 2.84. The van der Waals surface area contributed by atoms with Crippen LogP contribution in [-0.2, 0) is 0 Å². The van der Waals surface area contributed by atoms with E-state index in [0.717, 1.165) is 0 Å². The highest BCUT2D eigenvalue weighted by molar-refractivity contribution is 6.16. The molecule has 0 radical (unpaired) electrons. The molecule has 0 aromatic heterocycles. The molecular weight excluding hydrogens is 228 g/mol. The van der Waals surface area contributed by atoms with Crippen LogP contribution in [0.2, 0.25) is 0 Å². The van der Waals surface area contributed by atoms with Gasteiger partial charge in [-0.2, -0.15) is 0 Å². The van der Waals surface area contributed by atoms with Gasteiger partial charge in [0.15, 0.2) is 0 Å². The Hall–Kier alpha value is -2.08. The first-order chi connectivity index (χ1) is 9.15. The Balaban J connectivity index is 2.26. The molecule has 3 aromatic carbocycles. The molecule has 0 saturated heterocycles. The minimum atomic E-state index is 1.33. The lowest BCUT2D eigenvalue weighted by atomic mass is 9.97. The zero-order chi connectivity index (χ0) is 13.1. The lowest BCUT2D eigenvalue weighted by molar-refractivity contribution is 1.47. The summed E-state index contributed by atoms with van der Waals surface area (Å²) in [6.07, 6.45) is 0. The van der Waals surface area contributed by atoms with E-state index in [-0.39, 0.29) is 0 Å².